The largest absolute Gasteiger partial charge is 0.327 e. The molecule has 1 heterocycles. The van der Waals surface area contributed by atoms with E-state index in [1.165, 1.54) is 18.9 Å². The van der Waals surface area contributed by atoms with Gasteiger partial charge in [0.05, 0.1) is 0 Å². The highest BCUT2D eigenvalue weighted by molar-refractivity contribution is 5.22. The Balaban J connectivity index is 1.76. The molecule has 3 rings (SSSR count). The number of hydrogen-bond acceptors (Lipinski definition) is 2. The van der Waals surface area contributed by atoms with Gasteiger partial charge in [0.1, 0.15) is 11.6 Å². The number of benzene rings is 1. The molecule has 1 aromatic carbocycles. The summed E-state index contributed by atoms with van der Waals surface area (Å²) < 4.78 is 26.9. The van der Waals surface area contributed by atoms with Crippen molar-refractivity contribution in [2.75, 3.05) is 13.1 Å². The van der Waals surface area contributed by atoms with Crippen LogP contribution in [-0.2, 0) is 0 Å². The third-order valence-corrected chi connectivity index (χ3v) is 5.14. The van der Waals surface area contributed by atoms with Gasteiger partial charge in [-0.1, -0.05) is 12.5 Å². The molecular formula is C16H22F2N2. The maximum Gasteiger partial charge on any atom is 0.130 e. The fraction of sp³-hybridized carbons (Fsp3) is 0.625. The maximum absolute atomic E-state index is 13.9. The minimum absolute atomic E-state index is 0.0200. The van der Waals surface area contributed by atoms with E-state index in [0.29, 0.717) is 17.4 Å². The monoisotopic (exact) mass is 280 g/mol. The molecule has 2 aliphatic rings. The average molecular weight is 280 g/mol. The molecule has 2 nitrogen and oxygen atoms in total. The quantitative estimate of drug-likeness (QED) is 0.902. The summed E-state index contributed by atoms with van der Waals surface area (Å²) in [4.78, 5) is 2.30. The summed E-state index contributed by atoms with van der Waals surface area (Å²) in [6, 6.07) is 4.14. The molecule has 1 saturated heterocycles. The zero-order valence-corrected chi connectivity index (χ0v) is 11.9. The lowest BCUT2D eigenvalue weighted by molar-refractivity contribution is 0.240. The number of hydrogen-bond donors (Lipinski definition) is 1. The van der Waals surface area contributed by atoms with Crippen molar-refractivity contribution in [3.63, 3.8) is 0 Å². The van der Waals surface area contributed by atoms with Gasteiger partial charge in [0.25, 0.3) is 0 Å². The Hall–Kier alpha value is -1.00. The molecule has 0 bridgehead atoms. The van der Waals surface area contributed by atoms with Crippen LogP contribution in [0.1, 0.15) is 37.8 Å². The van der Waals surface area contributed by atoms with Gasteiger partial charge in [-0.3, -0.25) is 4.90 Å². The van der Waals surface area contributed by atoms with Gasteiger partial charge in [0.2, 0.25) is 0 Å². The Bertz CT molecular complexity index is 491. The van der Waals surface area contributed by atoms with Crippen molar-refractivity contribution in [2.45, 2.75) is 38.3 Å². The SMILES string of the molecule is CC(c1ccc(F)cc1F)N1CC2CCCC(N)C2C1. The number of fused-ring (bicyclic) bond motifs is 1. The van der Waals surface area contributed by atoms with Gasteiger partial charge in [0, 0.05) is 36.8 Å². The molecule has 0 radical (unpaired) electrons. The molecule has 0 aromatic heterocycles. The van der Waals surface area contributed by atoms with Crippen molar-refractivity contribution in [3.8, 4) is 0 Å². The van der Waals surface area contributed by atoms with E-state index in [0.717, 1.165) is 25.6 Å². The Morgan fingerprint density at radius 2 is 2.05 bits per heavy atom. The summed E-state index contributed by atoms with van der Waals surface area (Å²) in [5.74, 6) is 0.214. The molecule has 1 saturated carbocycles. The summed E-state index contributed by atoms with van der Waals surface area (Å²) >= 11 is 0. The first kappa shape index (κ1) is 14.0. The standard InChI is InChI=1S/C16H22F2N2/c1-10(13-6-5-12(17)7-15(13)18)20-8-11-3-2-4-16(19)14(11)9-20/h5-7,10-11,14,16H,2-4,8-9,19H2,1H3. The minimum atomic E-state index is -0.518. The van der Waals surface area contributed by atoms with Gasteiger partial charge < -0.3 is 5.73 Å². The van der Waals surface area contributed by atoms with Gasteiger partial charge >= 0.3 is 0 Å². The van der Waals surface area contributed by atoms with Crippen LogP contribution in [0.5, 0.6) is 0 Å². The topological polar surface area (TPSA) is 29.3 Å². The third-order valence-electron chi connectivity index (χ3n) is 5.14. The highest BCUT2D eigenvalue weighted by Crippen LogP contribution is 2.39. The number of likely N-dealkylation sites (tertiary alicyclic amines) is 1. The summed E-state index contributed by atoms with van der Waals surface area (Å²) in [7, 11) is 0. The van der Waals surface area contributed by atoms with E-state index in [-0.39, 0.29) is 12.1 Å². The van der Waals surface area contributed by atoms with Gasteiger partial charge in [-0.05, 0) is 37.7 Å². The van der Waals surface area contributed by atoms with Gasteiger partial charge in [-0.25, -0.2) is 8.78 Å². The van der Waals surface area contributed by atoms with Crippen LogP contribution in [0.25, 0.3) is 0 Å². The lowest BCUT2D eigenvalue weighted by Crippen LogP contribution is -2.38. The first-order chi connectivity index (χ1) is 9.56. The number of nitrogens with two attached hydrogens (primary N) is 1. The van der Waals surface area contributed by atoms with E-state index in [1.54, 1.807) is 6.07 Å². The normalized spacial score (nSPS) is 32.1. The number of rotatable bonds is 2. The van der Waals surface area contributed by atoms with Crippen molar-refractivity contribution in [2.24, 2.45) is 17.6 Å². The lowest BCUT2D eigenvalue weighted by Gasteiger charge is -2.30. The van der Waals surface area contributed by atoms with Crippen LogP contribution in [0.3, 0.4) is 0 Å². The van der Waals surface area contributed by atoms with Crippen molar-refractivity contribution in [3.05, 3.63) is 35.4 Å². The van der Waals surface area contributed by atoms with Crippen molar-refractivity contribution in [1.82, 2.24) is 4.90 Å². The Morgan fingerprint density at radius 1 is 1.25 bits per heavy atom. The molecule has 1 aliphatic carbocycles. The molecule has 0 amide bonds. The molecule has 4 heteroatoms. The molecule has 2 N–H and O–H groups in total. The smallest absolute Gasteiger partial charge is 0.130 e. The van der Waals surface area contributed by atoms with Crippen LogP contribution >= 0.6 is 0 Å². The molecule has 0 spiro atoms. The zero-order valence-electron chi connectivity index (χ0n) is 11.9. The van der Waals surface area contributed by atoms with E-state index in [1.807, 2.05) is 6.92 Å². The molecular weight excluding hydrogens is 258 g/mol. The maximum atomic E-state index is 13.9. The van der Waals surface area contributed by atoms with E-state index in [2.05, 4.69) is 4.90 Å². The summed E-state index contributed by atoms with van der Waals surface area (Å²) in [5.41, 5.74) is 6.80. The van der Waals surface area contributed by atoms with Gasteiger partial charge in [-0.2, -0.15) is 0 Å². The van der Waals surface area contributed by atoms with Crippen LogP contribution in [0.4, 0.5) is 8.78 Å². The van der Waals surface area contributed by atoms with Crippen LogP contribution < -0.4 is 5.73 Å². The Morgan fingerprint density at radius 3 is 2.75 bits per heavy atom. The summed E-state index contributed by atoms with van der Waals surface area (Å²) in [6.07, 6.45) is 3.54. The van der Waals surface area contributed by atoms with Crippen LogP contribution in [0.2, 0.25) is 0 Å². The molecule has 110 valence electrons. The second-order valence-electron chi connectivity index (χ2n) is 6.31. The van der Waals surface area contributed by atoms with E-state index < -0.39 is 11.6 Å². The predicted octanol–water partition coefficient (Wildman–Crippen LogP) is 3.09. The number of halogens is 2. The molecule has 4 atom stereocenters. The average Bonchev–Trinajstić information content (AvgIpc) is 2.83. The first-order valence-corrected chi connectivity index (χ1v) is 7.51. The summed E-state index contributed by atoms with van der Waals surface area (Å²) in [5, 5.41) is 0. The Kier molecular flexibility index (Phi) is 3.78. The predicted molar refractivity (Wildman–Crippen MR) is 75.2 cm³/mol. The summed E-state index contributed by atoms with van der Waals surface area (Å²) in [6.45, 7) is 3.92. The zero-order chi connectivity index (χ0) is 14.3. The minimum Gasteiger partial charge on any atom is -0.327 e. The van der Waals surface area contributed by atoms with E-state index in [9.17, 15) is 8.78 Å². The highest BCUT2D eigenvalue weighted by Gasteiger charge is 2.40. The molecule has 1 aliphatic heterocycles. The van der Waals surface area contributed by atoms with Crippen LogP contribution in [-0.4, -0.2) is 24.0 Å². The van der Waals surface area contributed by atoms with E-state index in [4.69, 9.17) is 5.73 Å². The van der Waals surface area contributed by atoms with Crippen LogP contribution in [0.15, 0.2) is 18.2 Å². The van der Waals surface area contributed by atoms with E-state index >= 15 is 0 Å². The first-order valence-electron chi connectivity index (χ1n) is 7.51. The third kappa shape index (κ3) is 2.47. The van der Waals surface area contributed by atoms with Gasteiger partial charge in [-0.15, -0.1) is 0 Å². The fourth-order valence-corrected chi connectivity index (χ4v) is 3.90. The fourth-order valence-electron chi connectivity index (χ4n) is 3.90. The number of nitrogens with zero attached hydrogens (tertiary/aromatic N) is 1. The molecule has 20 heavy (non-hydrogen) atoms. The lowest BCUT2D eigenvalue weighted by atomic mass is 9.78. The van der Waals surface area contributed by atoms with Crippen molar-refractivity contribution < 1.29 is 8.78 Å². The second kappa shape index (κ2) is 5.41. The second-order valence-corrected chi connectivity index (χ2v) is 6.31. The molecule has 1 aromatic rings. The van der Waals surface area contributed by atoms with Crippen molar-refractivity contribution in [1.29, 1.82) is 0 Å². The highest BCUT2D eigenvalue weighted by atomic mass is 19.1. The van der Waals surface area contributed by atoms with Crippen molar-refractivity contribution >= 4 is 0 Å². The van der Waals surface area contributed by atoms with Crippen LogP contribution in [0, 0.1) is 23.5 Å². The van der Waals surface area contributed by atoms with Gasteiger partial charge in [0.15, 0.2) is 0 Å². The molecule has 2 fully saturated rings. The Labute approximate surface area is 118 Å². The molecule has 4 unspecified atom stereocenters.